The summed E-state index contributed by atoms with van der Waals surface area (Å²) in [5.74, 6) is -0.767. The standard InChI is InChI=1S/C10H13F4N3O/c1-2-4-16(6-8(11)12)9(18)7-3-5-17(15-7)10(13)14/h3,5,8,10H,2,4,6H2,1H3. The zero-order chi connectivity index (χ0) is 13.7. The van der Waals surface area contributed by atoms with Crippen LogP contribution < -0.4 is 0 Å². The smallest absolute Gasteiger partial charge is 0.332 e. The van der Waals surface area contributed by atoms with Crippen LogP contribution in [0.15, 0.2) is 12.3 Å². The Balaban J connectivity index is 2.80. The number of halogens is 4. The van der Waals surface area contributed by atoms with E-state index in [-0.39, 0.29) is 12.2 Å². The molecule has 1 aromatic rings. The number of amides is 1. The van der Waals surface area contributed by atoms with E-state index < -0.39 is 25.4 Å². The molecule has 1 aromatic heterocycles. The molecule has 8 heteroatoms. The lowest BCUT2D eigenvalue weighted by Crippen LogP contribution is -2.36. The minimum atomic E-state index is -2.86. The number of carbonyl (C=O) groups excluding carboxylic acids is 1. The zero-order valence-electron chi connectivity index (χ0n) is 9.69. The average Bonchev–Trinajstić information content (AvgIpc) is 2.76. The molecule has 0 aliphatic heterocycles. The van der Waals surface area contributed by atoms with E-state index in [9.17, 15) is 22.4 Å². The van der Waals surface area contributed by atoms with Crippen molar-refractivity contribution in [3.8, 4) is 0 Å². The van der Waals surface area contributed by atoms with Gasteiger partial charge in [0.05, 0.1) is 6.54 Å². The maximum absolute atomic E-state index is 12.3. The third-order valence-corrected chi connectivity index (χ3v) is 2.17. The van der Waals surface area contributed by atoms with E-state index in [0.29, 0.717) is 11.1 Å². The van der Waals surface area contributed by atoms with Gasteiger partial charge in [0.15, 0.2) is 5.69 Å². The van der Waals surface area contributed by atoms with E-state index in [1.165, 1.54) is 0 Å². The van der Waals surface area contributed by atoms with Crippen LogP contribution in [-0.2, 0) is 0 Å². The fourth-order valence-corrected chi connectivity index (χ4v) is 1.44. The maximum Gasteiger partial charge on any atom is 0.333 e. The molecule has 4 nitrogen and oxygen atoms in total. The molecule has 0 fully saturated rings. The van der Waals surface area contributed by atoms with Crippen LogP contribution in [0, 0.1) is 0 Å². The molecule has 0 atom stereocenters. The van der Waals surface area contributed by atoms with Gasteiger partial charge in [-0.25, -0.2) is 13.5 Å². The molecule has 0 aromatic carbocycles. The second-order valence-corrected chi connectivity index (χ2v) is 3.60. The molecule has 0 saturated carbocycles. The van der Waals surface area contributed by atoms with Crippen molar-refractivity contribution in [1.82, 2.24) is 14.7 Å². The summed E-state index contributed by atoms with van der Waals surface area (Å²) in [6.45, 7) is -1.73. The summed E-state index contributed by atoms with van der Waals surface area (Å²) in [6.07, 6.45) is -1.24. The second-order valence-electron chi connectivity index (χ2n) is 3.60. The quantitative estimate of drug-likeness (QED) is 0.742. The Bertz CT molecular complexity index is 394. The summed E-state index contributed by atoms with van der Waals surface area (Å²) < 4.78 is 49.4. The molecule has 0 saturated heterocycles. The normalized spacial score (nSPS) is 11.3. The van der Waals surface area contributed by atoms with Crippen LogP contribution in [0.3, 0.4) is 0 Å². The highest BCUT2D eigenvalue weighted by atomic mass is 19.3. The fourth-order valence-electron chi connectivity index (χ4n) is 1.44. The first-order valence-corrected chi connectivity index (χ1v) is 5.36. The fraction of sp³-hybridized carbons (Fsp3) is 0.600. The molecule has 0 unspecified atom stereocenters. The molecule has 0 spiro atoms. The van der Waals surface area contributed by atoms with Gasteiger partial charge in [-0.3, -0.25) is 4.79 Å². The molecule has 0 aliphatic carbocycles. The summed E-state index contributed by atoms with van der Waals surface area (Å²) in [6, 6.07) is 1.09. The van der Waals surface area contributed by atoms with Crippen molar-refractivity contribution < 1.29 is 22.4 Å². The van der Waals surface area contributed by atoms with Crippen molar-refractivity contribution in [2.75, 3.05) is 13.1 Å². The van der Waals surface area contributed by atoms with Crippen LogP contribution in [0.2, 0.25) is 0 Å². The molecule has 0 aliphatic rings. The maximum atomic E-state index is 12.3. The molecular formula is C10H13F4N3O. The molecule has 1 rings (SSSR count). The summed E-state index contributed by atoms with van der Waals surface area (Å²) in [4.78, 5) is 12.7. The van der Waals surface area contributed by atoms with Gasteiger partial charge in [-0.05, 0) is 12.5 Å². The number of hydrogen-bond donors (Lipinski definition) is 0. The minimum absolute atomic E-state index is 0.130. The summed E-state index contributed by atoms with van der Waals surface area (Å²) in [5, 5.41) is 3.35. The predicted molar refractivity (Wildman–Crippen MR) is 55.7 cm³/mol. The van der Waals surface area contributed by atoms with Gasteiger partial charge in [-0.1, -0.05) is 6.92 Å². The average molecular weight is 267 g/mol. The summed E-state index contributed by atoms with van der Waals surface area (Å²) in [5.41, 5.74) is -0.260. The Labute approximate surface area is 101 Å². The second kappa shape index (κ2) is 6.36. The van der Waals surface area contributed by atoms with Gasteiger partial charge in [-0.2, -0.15) is 13.9 Å². The van der Waals surface area contributed by atoms with Crippen molar-refractivity contribution in [1.29, 1.82) is 0 Å². The number of alkyl halides is 4. The lowest BCUT2D eigenvalue weighted by Gasteiger charge is -2.20. The Morgan fingerprint density at radius 3 is 2.56 bits per heavy atom. The van der Waals surface area contributed by atoms with Gasteiger partial charge >= 0.3 is 6.55 Å². The predicted octanol–water partition coefficient (Wildman–Crippen LogP) is 2.40. The lowest BCUT2D eigenvalue weighted by molar-refractivity contribution is 0.0505. The van der Waals surface area contributed by atoms with E-state index in [1.807, 2.05) is 0 Å². The van der Waals surface area contributed by atoms with Crippen molar-refractivity contribution in [2.24, 2.45) is 0 Å². The molecule has 102 valence electrons. The molecule has 0 bridgehead atoms. The topological polar surface area (TPSA) is 38.1 Å². The van der Waals surface area contributed by atoms with Crippen LogP contribution in [0.4, 0.5) is 17.6 Å². The summed E-state index contributed by atoms with van der Waals surface area (Å²) >= 11 is 0. The van der Waals surface area contributed by atoms with Crippen LogP contribution in [0.1, 0.15) is 30.4 Å². The number of nitrogens with zero attached hydrogens (tertiary/aromatic N) is 3. The van der Waals surface area contributed by atoms with Gasteiger partial charge in [0.2, 0.25) is 0 Å². The van der Waals surface area contributed by atoms with E-state index in [0.717, 1.165) is 17.2 Å². The van der Waals surface area contributed by atoms with Crippen molar-refractivity contribution >= 4 is 5.91 Å². The van der Waals surface area contributed by atoms with Gasteiger partial charge in [0, 0.05) is 12.7 Å². The Hall–Kier alpha value is -1.60. The number of rotatable bonds is 6. The van der Waals surface area contributed by atoms with Gasteiger partial charge in [-0.15, -0.1) is 0 Å². The minimum Gasteiger partial charge on any atom is -0.332 e. The number of hydrogen-bond acceptors (Lipinski definition) is 2. The van der Waals surface area contributed by atoms with E-state index in [4.69, 9.17) is 0 Å². The first kappa shape index (κ1) is 14.5. The Morgan fingerprint density at radius 2 is 2.11 bits per heavy atom. The molecule has 1 heterocycles. The largest absolute Gasteiger partial charge is 0.333 e. The van der Waals surface area contributed by atoms with Crippen molar-refractivity contribution in [3.05, 3.63) is 18.0 Å². The first-order valence-electron chi connectivity index (χ1n) is 5.36. The van der Waals surface area contributed by atoms with Gasteiger partial charge in [0.1, 0.15) is 0 Å². The zero-order valence-corrected chi connectivity index (χ0v) is 9.69. The van der Waals surface area contributed by atoms with E-state index in [1.54, 1.807) is 6.92 Å². The third kappa shape index (κ3) is 3.71. The summed E-state index contributed by atoms with van der Waals surface area (Å²) in [7, 11) is 0. The highest BCUT2D eigenvalue weighted by Gasteiger charge is 2.21. The van der Waals surface area contributed by atoms with Gasteiger partial charge < -0.3 is 4.90 Å². The molecule has 1 amide bonds. The number of carbonyl (C=O) groups is 1. The van der Waals surface area contributed by atoms with E-state index in [2.05, 4.69) is 5.10 Å². The molecule has 0 N–H and O–H groups in total. The van der Waals surface area contributed by atoms with Gasteiger partial charge in [0.25, 0.3) is 12.3 Å². The van der Waals surface area contributed by atoms with Crippen molar-refractivity contribution in [2.45, 2.75) is 26.3 Å². The molecular weight excluding hydrogens is 254 g/mol. The van der Waals surface area contributed by atoms with Crippen LogP contribution in [0.25, 0.3) is 0 Å². The third-order valence-electron chi connectivity index (χ3n) is 2.17. The van der Waals surface area contributed by atoms with Crippen LogP contribution in [0.5, 0.6) is 0 Å². The number of aromatic nitrogens is 2. The van der Waals surface area contributed by atoms with Crippen LogP contribution >= 0.6 is 0 Å². The lowest BCUT2D eigenvalue weighted by atomic mass is 10.3. The van der Waals surface area contributed by atoms with Crippen LogP contribution in [-0.4, -0.2) is 40.1 Å². The molecule has 18 heavy (non-hydrogen) atoms. The monoisotopic (exact) mass is 267 g/mol. The first-order chi connectivity index (χ1) is 8.45. The Morgan fingerprint density at radius 1 is 1.44 bits per heavy atom. The highest BCUT2D eigenvalue weighted by molar-refractivity contribution is 5.92. The van der Waals surface area contributed by atoms with Crippen molar-refractivity contribution in [3.63, 3.8) is 0 Å². The van der Waals surface area contributed by atoms with E-state index >= 15 is 0 Å². The SMILES string of the molecule is CCCN(CC(F)F)C(=O)c1ccn(C(F)F)n1. The highest BCUT2D eigenvalue weighted by Crippen LogP contribution is 2.11. The Kier molecular flexibility index (Phi) is 5.11. The molecule has 0 radical (unpaired) electrons.